The molecule has 11 nitrogen and oxygen atoms in total. The number of ether oxygens (including phenoxy) is 2. The van der Waals surface area contributed by atoms with Gasteiger partial charge in [-0.15, -0.1) is 0 Å². The van der Waals surface area contributed by atoms with Gasteiger partial charge in [0.15, 0.2) is 0 Å². The maximum absolute atomic E-state index is 12.1. The molecular weight excluding hydrogens is 925 g/mol. The zero-order valence-electron chi connectivity index (χ0n) is 43.0. The minimum absolute atomic E-state index is 0.0152. The monoisotopic (exact) mass is 1000 g/mol. The summed E-state index contributed by atoms with van der Waals surface area (Å²) in [6.07, 6.45) is 30.4. The number of methoxy groups -OCH3 is 1. The van der Waals surface area contributed by atoms with Crippen LogP contribution in [0.4, 0.5) is 0 Å². The number of carbonyl (C=O) groups is 2. The van der Waals surface area contributed by atoms with Crippen LogP contribution in [0.5, 0.6) is 11.5 Å². The molecule has 0 atom stereocenters. The van der Waals surface area contributed by atoms with Crippen LogP contribution in [0.2, 0.25) is 0 Å². The molecule has 4 aromatic carbocycles. The molecule has 0 aromatic heterocycles. The third kappa shape index (κ3) is 11.2. The van der Waals surface area contributed by atoms with Gasteiger partial charge in [-0.05, 0) is 234 Å². The fourth-order valence-electron chi connectivity index (χ4n) is 14.6. The maximum Gasteiger partial charge on any atom is 0.311 e. The molecule has 4 bridgehead atoms. The Bertz CT molecular complexity index is 2660. The smallest absolute Gasteiger partial charge is 0.311 e. The third-order valence-electron chi connectivity index (χ3n) is 20.1. The summed E-state index contributed by atoms with van der Waals surface area (Å²) in [6.45, 7) is 1.68. The lowest BCUT2D eigenvalue weighted by Gasteiger charge is -2.52. The number of hydrogen-bond acceptors (Lipinski definition) is 10. The highest BCUT2D eigenvalue weighted by molar-refractivity contribution is 7.86. The van der Waals surface area contributed by atoms with Crippen molar-refractivity contribution in [1.29, 1.82) is 0 Å². The third-order valence-corrected chi connectivity index (χ3v) is 20.7. The molecule has 4 aromatic rings. The number of aromatic hydroxyl groups is 1. The number of nitrogens with one attached hydrogen (secondary N) is 2. The number of carboxylic acid groups (broad SMARTS) is 1. The van der Waals surface area contributed by atoms with Crippen LogP contribution in [0.25, 0.3) is 21.5 Å². The predicted octanol–water partition coefficient (Wildman–Crippen LogP) is 12.6. The molecule has 14 rings (SSSR count). The molecule has 0 radical (unpaired) electrons. The topological polar surface area (TPSA) is 160 Å². The van der Waals surface area contributed by atoms with Crippen molar-refractivity contribution >= 4 is 43.6 Å². The quantitative estimate of drug-likeness (QED) is 0.0790. The Morgan fingerprint density at radius 3 is 1.43 bits per heavy atom. The number of carbonyl (C=O) groups excluding carboxylic acids is 1. The normalized spacial score (nSPS) is 29.3. The summed E-state index contributed by atoms with van der Waals surface area (Å²) in [5, 5.41) is 31.5. The second-order valence-corrected chi connectivity index (χ2v) is 26.0. The lowest BCUT2D eigenvalue weighted by atomic mass is 9.57. The van der Waals surface area contributed by atoms with Gasteiger partial charge in [0.25, 0.3) is 10.1 Å². The van der Waals surface area contributed by atoms with Crippen LogP contribution >= 0.6 is 0 Å². The van der Waals surface area contributed by atoms with Crippen LogP contribution in [0.15, 0.2) is 72.8 Å². The fraction of sp³-hybridized carbons (Fsp3) is 0.633. The van der Waals surface area contributed by atoms with E-state index in [-0.39, 0.29) is 28.6 Å². The zero-order chi connectivity index (χ0) is 50.2. The van der Waals surface area contributed by atoms with E-state index in [0.29, 0.717) is 22.7 Å². The molecule has 10 aliphatic carbocycles. The molecule has 10 saturated carbocycles. The van der Waals surface area contributed by atoms with E-state index in [4.69, 9.17) is 13.7 Å². The molecule has 0 saturated heterocycles. The summed E-state index contributed by atoms with van der Waals surface area (Å²) < 4.78 is 38.3. The second-order valence-electron chi connectivity index (χ2n) is 24.4. The first-order valence-corrected chi connectivity index (χ1v) is 29.4. The summed E-state index contributed by atoms with van der Waals surface area (Å²) in [6, 6.07) is 25.1. The van der Waals surface area contributed by atoms with Gasteiger partial charge in [-0.3, -0.25) is 13.8 Å². The zero-order valence-corrected chi connectivity index (χ0v) is 43.9. The first-order valence-electron chi connectivity index (χ1n) is 27.6. The van der Waals surface area contributed by atoms with Crippen molar-refractivity contribution in [2.75, 3.05) is 13.4 Å². The number of aliphatic carboxylic acids is 1. The van der Waals surface area contributed by atoms with Crippen LogP contribution in [-0.4, -0.2) is 67.2 Å². The lowest BCUT2D eigenvalue weighted by Crippen LogP contribution is -2.56. The van der Waals surface area contributed by atoms with Crippen LogP contribution < -0.4 is 15.4 Å². The Morgan fingerprint density at radius 1 is 0.556 bits per heavy atom. The standard InChI is InChI=1S/C29H37NO3.C21H25NO3.C10H18O3S/c31-26(32)28-12-15-29(16-13-28,17-14-28)30-20-21-2-3-23-19-25(5-4-22(23)18-21)33-24-6-10-27(11-7-24)8-1-9-27;1-25-19(24)20-6-9-21(10-7-20,11-8-20)22-14-15-2-3-17-13-18(23)5-4-16(17)12-15;1-14(11,12)13-9-3-7-10(8-4-9)5-2-6-10/h2-5,18-19,24,30H,1,6-17,20H2,(H,31,32);2-5,12-13,22-23H,6-11,14H2,1H3;9H,2-8H2,1H3. The van der Waals surface area contributed by atoms with Crippen molar-refractivity contribution in [3.05, 3.63) is 83.9 Å². The highest BCUT2D eigenvalue weighted by atomic mass is 32.2. The van der Waals surface area contributed by atoms with Crippen molar-refractivity contribution in [3.63, 3.8) is 0 Å². The number of phenolic OH excluding ortho intramolecular Hbond substituents is 1. The molecule has 4 N–H and O–H groups in total. The van der Waals surface area contributed by atoms with E-state index in [0.717, 1.165) is 139 Å². The average molecular weight is 1010 g/mol. The number of phenols is 1. The van der Waals surface area contributed by atoms with E-state index in [9.17, 15) is 28.2 Å². The molecule has 10 fully saturated rings. The van der Waals surface area contributed by atoms with E-state index in [1.165, 1.54) is 93.2 Å². The van der Waals surface area contributed by atoms with Gasteiger partial charge in [-0.2, -0.15) is 8.42 Å². The summed E-state index contributed by atoms with van der Waals surface area (Å²) in [5.41, 5.74) is 3.44. The van der Waals surface area contributed by atoms with Gasteiger partial charge in [0.1, 0.15) is 11.5 Å². The molecular formula is C60H80N2O9S. The number of hydrogen-bond donors (Lipinski definition) is 4. The number of esters is 1. The van der Waals surface area contributed by atoms with E-state index < -0.39 is 21.5 Å². The van der Waals surface area contributed by atoms with Crippen molar-refractivity contribution in [2.45, 2.75) is 203 Å². The highest BCUT2D eigenvalue weighted by Gasteiger charge is 2.54. The van der Waals surface area contributed by atoms with Gasteiger partial charge in [-0.25, -0.2) is 0 Å². The molecule has 10 aliphatic rings. The molecule has 0 amide bonds. The molecule has 0 heterocycles. The summed E-state index contributed by atoms with van der Waals surface area (Å²) >= 11 is 0. The number of fused-ring (bicyclic) bond motifs is 8. The fourth-order valence-corrected chi connectivity index (χ4v) is 15.3. The largest absolute Gasteiger partial charge is 0.508 e. The van der Waals surface area contributed by atoms with Gasteiger partial charge >= 0.3 is 11.9 Å². The minimum Gasteiger partial charge on any atom is -0.508 e. The number of rotatable bonds is 12. The van der Waals surface area contributed by atoms with E-state index >= 15 is 0 Å². The predicted molar refractivity (Wildman–Crippen MR) is 282 cm³/mol. The Hall–Kier alpha value is -4.23. The first kappa shape index (κ1) is 51.3. The van der Waals surface area contributed by atoms with E-state index in [1.54, 1.807) is 12.1 Å². The molecule has 390 valence electrons. The number of carboxylic acids is 1. The Labute approximate surface area is 428 Å². The average Bonchev–Trinajstić information content (AvgIpc) is 3.38. The van der Waals surface area contributed by atoms with Crippen LogP contribution in [-0.2, 0) is 41.7 Å². The Kier molecular flexibility index (Phi) is 14.6. The van der Waals surface area contributed by atoms with Crippen molar-refractivity contribution < 1.29 is 41.9 Å². The van der Waals surface area contributed by atoms with E-state index in [2.05, 4.69) is 65.2 Å². The maximum atomic E-state index is 12.1. The lowest BCUT2D eigenvalue weighted by molar-refractivity contribution is -0.160. The highest BCUT2D eigenvalue weighted by Crippen LogP contribution is 2.55. The van der Waals surface area contributed by atoms with E-state index in [1.807, 2.05) is 6.07 Å². The number of benzene rings is 4. The van der Waals surface area contributed by atoms with Crippen LogP contribution in [0.3, 0.4) is 0 Å². The van der Waals surface area contributed by atoms with Crippen molar-refractivity contribution in [3.8, 4) is 11.5 Å². The van der Waals surface area contributed by atoms with Crippen LogP contribution in [0.1, 0.15) is 178 Å². The van der Waals surface area contributed by atoms with Crippen LogP contribution in [0, 0.1) is 21.7 Å². The van der Waals surface area contributed by atoms with Gasteiger partial charge in [0.05, 0.1) is 36.4 Å². The summed E-state index contributed by atoms with van der Waals surface area (Å²) in [4.78, 5) is 23.8. The summed E-state index contributed by atoms with van der Waals surface area (Å²) in [5.74, 6) is 0.710. The van der Waals surface area contributed by atoms with Crippen molar-refractivity contribution in [2.24, 2.45) is 21.7 Å². The van der Waals surface area contributed by atoms with Gasteiger partial charge in [0.2, 0.25) is 0 Å². The molecule has 2 spiro atoms. The Balaban J connectivity index is 0.000000135. The minimum atomic E-state index is -3.25. The molecule has 12 heteroatoms. The second kappa shape index (κ2) is 20.5. The van der Waals surface area contributed by atoms with Crippen molar-refractivity contribution in [1.82, 2.24) is 10.6 Å². The first-order chi connectivity index (χ1) is 34.5. The van der Waals surface area contributed by atoms with Gasteiger partial charge < -0.3 is 30.3 Å². The molecule has 72 heavy (non-hydrogen) atoms. The Morgan fingerprint density at radius 2 is 0.986 bits per heavy atom. The van der Waals surface area contributed by atoms with Gasteiger partial charge in [-0.1, -0.05) is 49.2 Å². The molecule has 0 unspecified atom stereocenters. The van der Waals surface area contributed by atoms with Gasteiger partial charge in [0, 0.05) is 24.2 Å². The SMILES string of the molecule is COC(=O)C12CCC(NCc3ccc4cc(O)ccc4c3)(CC1)CC2.CS(=O)(=O)OC1CCC2(CCC2)CC1.O=C(O)C12CCC(NCc3ccc4cc(OC5CCC6(CCC6)CC5)ccc4c3)(CC1)CC2. The molecule has 0 aliphatic heterocycles. The summed E-state index contributed by atoms with van der Waals surface area (Å²) in [7, 11) is -1.74.